The molecule has 140 valence electrons. The smallest absolute Gasteiger partial charge is 0.468 e. The van der Waals surface area contributed by atoms with E-state index < -0.39 is 39.0 Å². The number of hydrogen-bond acceptors (Lipinski definition) is 5. The van der Waals surface area contributed by atoms with Gasteiger partial charge in [0.05, 0.1) is 7.11 Å². The molecular formula is C16H14F3NO5S. The maximum atomic E-state index is 12.6. The number of alkyl halides is 3. The van der Waals surface area contributed by atoms with Crippen LogP contribution in [0.4, 0.5) is 13.2 Å². The highest BCUT2D eigenvalue weighted by Gasteiger charge is 2.35. The zero-order valence-corrected chi connectivity index (χ0v) is 14.2. The van der Waals surface area contributed by atoms with E-state index >= 15 is 0 Å². The molecule has 0 heterocycles. The molecule has 10 heteroatoms. The molecule has 0 aliphatic carbocycles. The molecule has 0 aliphatic rings. The molecule has 2 aromatic carbocycles. The third-order valence-electron chi connectivity index (χ3n) is 3.21. The van der Waals surface area contributed by atoms with Gasteiger partial charge in [0.25, 0.3) is 0 Å². The third kappa shape index (κ3) is 4.96. The van der Waals surface area contributed by atoms with Crippen LogP contribution >= 0.6 is 0 Å². The number of hydrogen-bond donors (Lipinski definition) is 1. The second kappa shape index (κ2) is 7.75. The standard InChI is InChI=1S/C16H14F3NO5S/c1-24-15(21)14(11-7-3-2-4-8-11)20-26(22,23)13-10-6-5-9-12(13)25-16(17,18)19/h2-10,14,20H,1H3. The zero-order valence-electron chi connectivity index (χ0n) is 13.4. The molecule has 1 atom stereocenters. The number of carbonyl (C=O) groups excluding carboxylic acids is 1. The van der Waals surface area contributed by atoms with E-state index in [0.717, 1.165) is 19.2 Å². The van der Waals surface area contributed by atoms with Crippen LogP contribution < -0.4 is 9.46 Å². The minimum Gasteiger partial charge on any atom is -0.468 e. The number of nitrogens with one attached hydrogen (secondary N) is 1. The number of para-hydroxylation sites is 1. The van der Waals surface area contributed by atoms with Crippen LogP contribution in [0.5, 0.6) is 5.75 Å². The highest BCUT2D eigenvalue weighted by Crippen LogP contribution is 2.30. The van der Waals surface area contributed by atoms with Crippen LogP contribution in [0.1, 0.15) is 11.6 Å². The first-order valence-corrected chi connectivity index (χ1v) is 8.62. The van der Waals surface area contributed by atoms with E-state index in [2.05, 4.69) is 14.2 Å². The molecule has 1 unspecified atom stereocenters. The lowest BCUT2D eigenvalue weighted by molar-refractivity contribution is -0.275. The third-order valence-corrected chi connectivity index (χ3v) is 4.67. The summed E-state index contributed by atoms with van der Waals surface area (Å²) in [5.74, 6) is -1.84. The number of benzene rings is 2. The van der Waals surface area contributed by atoms with Gasteiger partial charge in [-0.3, -0.25) is 0 Å². The molecule has 26 heavy (non-hydrogen) atoms. The average Bonchev–Trinajstić information content (AvgIpc) is 2.59. The van der Waals surface area contributed by atoms with Gasteiger partial charge in [0.1, 0.15) is 16.7 Å². The van der Waals surface area contributed by atoms with Gasteiger partial charge >= 0.3 is 12.3 Å². The predicted molar refractivity (Wildman–Crippen MR) is 84.6 cm³/mol. The second-order valence-corrected chi connectivity index (χ2v) is 6.67. The lowest BCUT2D eigenvalue weighted by atomic mass is 10.1. The summed E-state index contributed by atoms with van der Waals surface area (Å²) in [6, 6.07) is 10.5. The average molecular weight is 389 g/mol. The van der Waals surface area contributed by atoms with E-state index in [-0.39, 0.29) is 5.56 Å². The van der Waals surface area contributed by atoms with E-state index in [0.29, 0.717) is 0 Å². The predicted octanol–water partition coefficient (Wildman–Crippen LogP) is 2.78. The van der Waals surface area contributed by atoms with Crippen molar-refractivity contribution in [2.45, 2.75) is 17.3 Å². The molecule has 0 saturated heterocycles. The Kier molecular flexibility index (Phi) is 5.88. The van der Waals surface area contributed by atoms with Crippen molar-refractivity contribution in [3.05, 3.63) is 60.2 Å². The van der Waals surface area contributed by atoms with E-state index in [1.54, 1.807) is 18.2 Å². The van der Waals surface area contributed by atoms with Gasteiger partial charge in [0, 0.05) is 0 Å². The van der Waals surface area contributed by atoms with Crippen LogP contribution in [-0.2, 0) is 19.6 Å². The van der Waals surface area contributed by atoms with E-state index in [1.165, 1.54) is 24.3 Å². The molecule has 1 N–H and O–H groups in total. The summed E-state index contributed by atoms with van der Waals surface area (Å²) in [5, 5.41) is 0. The fourth-order valence-electron chi connectivity index (χ4n) is 2.12. The van der Waals surface area contributed by atoms with E-state index in [1.807, 2.05) is 0 Å². The molecule has 0 aliphatic heterocycles. The quantitative estimate of drug-likeness (QED) is 0.769. The summed E-state index contributed by atoms with van der Waals surface area (Å²) in [5.41, 5.74) is 0.261. The Labute approximate surface area is 147 Å². The first-order valence-electron chi connectivity index (χ1n) is 7.14. The minimum absolute atomic E-state index is 0.261. The fraction of sp³-hybridized carbons (Fsp3) is 0.188. The Morgan fingerprint density at radius 1 is 1.04 bits per heavy atom. The molecule has 2 rings (SSSR count). The minimum atomic E-state index is -5.08. The second-order valence-electron chi connectivity index (χ2n) is 4.98. The Balaban J connectivity index is 2.42. The van der Waals surface area contributed by atoms with Crippen molar-refractivity contribution in [3.8, 4) is 5.75 Å². The van der Waals surface area contributed by atoms with Crippen molar-refractivity contribution in [2.24, 2.45) is 0 Å². The number of carbonyl (C=O) groups is 1. The Morgan fingerprint density at radius 3 is 2.19 bits per heavy atom. The molecule has 0 bridgehead atoms. The lowest BCUT2D eigenvalue weighted by Crippen LogP contribution is -2.35. The van der Waals surface area contributed by atoms with Crippen molar-refractivity contribution in [1.82, 2.24) is 4.72 Å². The zero-order chi connectivity index (χ0) is 19.4. The highest BCUT2D eigenvalue weighted by molar-refractivity contribution is 7.89. The number of halogens is 3. The Morgan fingerprint density at radius 2 is 1.62 bits per heavy atom. The summed E-state index contributed by atoms with van der Waals surface area (Å²) in [6.07, 6.45) is -5.08. The summed E-state index contributed by atoms with van der Waals surface area (Å²) >= 11 is 0. The Bertz CT molecular complexity index is 869. The molecular weight excluding hydrogens is 375 g/mol. The van der Waals surface area contributed by atoms with Crippen LogP contribution in [0.2, 0.25) is 0 Å². The van der Waals surface area contributed by atoms with Crippen LogP contribution in [0.3, 0.4) is 0 Å². The van der Waals surface area contributed by atoms with Crippen molar-refractivity contribution in [3.63, 3.8) is 0 Å². The number of esters is 1. The van der Waals surface area contributed by atoms with E-state index in [9.17, 15) is 26.4 Å². The van der Waals surface area contributed by atoms with Gasteiger partial charge in [-0.2, -0.15) is 4.72 Å². The molecule has 0 fully saturated rings. The van der Waals surface area contributed by atoms with Gasteiger partial charge in [0.15, 0.2) is 0 Å². The van der Waals surface area contributed by atoms with E-state index in [4.69, 9.17) is 0 Å². The van der Waals surface area contributed by atoms with Gasteiger partial charge in [-0.25, -0.2) is 13.2 Å². The number of methoxy groups -OCH3 is 1. The van der Waals surface area contributed by atoms with Gasteiger partial charge in [-0.15, -0.1) is 13.2 Å². The maximum absolute atomic E-state index is 12.6. The Hall–Kier alpha value is -2.59. The van der Waals surface area contributed by atoms with Crippen LogP contribution in [0, 0.1) is 0 Å². The first kappa shape index (κ1) is 19.7. The number of rotatable bonds is 6. The fourth-order valence-corrected chi connectivity index (χ4v) is 3.42. The SMILES string of the molecule is COC(=O)C(NS(=O)(=O)c1ccccc1OC(F)(F)F)c1ccccc1. The van der Waals surface area contributed by atoms with Crippen LogP contribution in [0.25, 0.3) is 0 Å². The first-order chi connectivity index (χ1) is 12.1. The summed E-state index contributed by atoms with van der Waals surface area (Å²) in [6.45, 7) is 0. The molecule has 2 aromatic rings. The molecule has 0 saturated carbocycles. The number of sulfonamides is 1. The van der Waals surface area contributed by atoms with Gasteiger partial charge in [0.2, 0.25) is 10.0 Å². The molecule has 0 aromatic heterocycles. The lowest BCUT2D eigenvalue weighted by Gasteiger charge is -2.19. The van der Waals surface area contributed by atoms with Crippen molar-refractivity contribution in [2.75, 3.05) is 7.11 Å². The van der Waals surface area contributed by atoms with Gasteiger partial charge in [-0.05, 0) is 17.7 Å². The van der Waals surface area contributed by atoms with Crippen LogP contribution in [-0.4, -0.2) is 27.9 Å². The van der Waals surface area contributed by atoms with Crippen molar-refractivity contribution < 1.29 is 35.9 Å². The molecule has 6 nitrogen and oxygen atoms in total. The normalized spacial score (nSPS) is 13.1. The maximum Gasteiger partial charge on any atom is 0.573 e. The number of ether oxygens (including phenoxy) is 2. The largest absolute Gasteiger partial charge is 0.573 e. The molecule has 0 amide bonds. The summed E-state index contributed by atoms with van der Waals surface area (Å²) in [7, 11) is -3.48. The highest BCUT2D eigenvalue weighted by atomic mass is 32.2. The van der Waals surface area contributed by atoms with Gasteiger partial charge in [-0.1, -0.05) is 42.5 Å². The monoisotopic (exact) mass is 389 g/mol. The topological polar surface area (TPSA) is 81.7 Å². The summed E-state index contributed by atoms with van der Waals surface area (Å²) < 4.78 is 73.1. The molecule has 0 radical (unpaired) electrons. The van der Waals surface area contributed by atoms with Crippen molar-refractivity contribution in [1.29, 1.82) is 0 Å². The van der Waals surface area contributed by atoms with Gasteiger partial charge < -0.3 is 9.47 Å². The van der Waals surface area contributed by atoms with Crippen molar-refractivity contribution >= 4 is 16.0 Å². The summed E-state index contributed by atoms with van der Waals surface area (Å²) in [4.78, 5) is 11.2. The van der Waals surface area contributed by atoms with Crippen LogP contribution in [0.15, 0.2) is 59.5 Å². The molecule has 0 spiro atoms.